The number of nitrogens with two attached hydrogens (primary N) is 1. The van der Waals surface area contributed by atoms with Gasteiger partial charge in [0.05, 0.1) is 25.9 Å². The van der Waals surface area contributed by atoms with Crippen LogP contribution in [0.1, 0.15) is 45.2 Å². The molecule has 0 spiro atoms. The minimum atomic E-state index is -0.411. The van der Waals surface area contributed by atoms with Crippen LogP contribution in [0.3, 0.4) is 0 Å². The van der Waals surface area contributed by atoms with E-state index in [9.17, 15) is 4.79 Å². The van der Waals surface area contributed by atoms with E-state index in [1.54, 1.807) is 7.11 Å². The molecule has 1 saturated heterocycles. The molecule has 6 heteroatoms. The molecular weight excluding hydrogens is 320 g/mol. The van der Waals surface area contributed by atoms with Crippen molar-refractivity contribution in [2.24, 2.45) is 11.7 Å². The third kappa shape index (κ3) is 5.34. The SMILES string of the molecule is COc1cc(C(C)NC(=O)[C@@H]2CC[C@H](CN)O2)ccc1OCC(C)C. The predicted octanol–water partition coefficient (Wildman–Crippen LogP) is 2.41. The molecule has 6 nitrogen and oxygen atoms in total. The number of hydrogen-bond donors (Lipinski definition) is 2. The maximum atomic E-state index is 12.4. The summed E-state index contributed by atoms with van der Waals surface area (Å²) in [6, 6.07) is 5.58. The molecule has 1 aliphatic rings. The largest absolute Gasteiger partial charge is 0.493 e. The molecule has 0 aromatic heterocycles. The molecule has 3 N–H and O–H groups in total. The van der Waals surface area contributed by atoms with Crippen molar-refractivity contribution >= 4 is 5.91 Å². The van der Waals surface area contributed by atoms with Gasteiger partial charge in [0.1, 0.15) is 6.10 Å². The average molecular weight is 350 g/mol. The van der Waals surface area contributed by atoms with Gasteiger partial charge in [-0.2, -0.15) is 0 Å². The fourth-order valence-corrected chi connectivity index (χ4v) is 2.79. The highest BCUT2D eigenvalue weighted by atomic mass is 16.5. The van der Waals surface area contributed by atoms with Crippen molar-refractivity contribution in [3.8, 4) is 11.5 Å². The van der Waals surface area contributed by atoms with Crippen molar-refractivity contribution in [1.29, 1.82) is 0 Å². The average Bonchev–Trinajstić information content (AvgIpc) is 3.08. The molecular formula is C19H30N2O4. The summed E-state index contributed by atoms with van der Waals surface area (Å²) >= 11 is 0. The van der Waals surface area contributed by atoms with Crippen molar-refractivity contribution in [2.75, 3.05) is 20.3 Å². The molecule has 2 rings (SSSR count). The molecule has 1 unspecified atom stereocenters. The number of amides is 1. The molecule has 25 heavy (non-hydrogen) atoms. The van der Waals surface area contributed by atoms with Crippen LogP contribution in [0.4, 0.5) is 0 Å². The van der Waals surface area contributed by atoms with Crippen LogP contribution in [0.15, 0.2) is 18.2 Å². The van der Waals surface area contributed by atoms with E-state index in [4.69, 9.17) is 19.9 Å². The molecule has 1 amide bonds. The first-order valence-corrected chi connectivity index (χ1v) is 8.91. The van der Waals surface area contributed by atoms with E-state index in [1.807, 2.05) is 25.1 Å². The van der Waals surface area contributed by atoms with E-state index >= 15 is 0 Å². The number of rotatable bonds is 8. The maximum absolute atomic E-state index is 12.4. The molecule has 0 bridgehead atoms. The van der Waals surface area contributed by atoms with Gasteiger partial charge in [-0.3, -0.25) is 4.79 Å². The zero-order valence-electron chi connectivity index (χ0n) is 15.6. The predicted molar refractivity (Wildman–Crippen MR) is 96.8 cm³/mol. The molecule has 0 saturated carbocycles. The number of benzene rings is 1. The van der Waals surface area contributed by atoms with E-state index in [0.717, 1.165) is 12.0 Å². The van der Waals surface area contributed by atoms with Gasteiger partial charge in [-0.15, -0.1) is 0 Å². The number of carbonyl (C=O) groups is 1. The van der Waals surface area contributed by atoms with Crippen molar-refractivity contribution < 1.29 is 19.0 Å². The Labute approximate surface area is 150 Å². The van der Waals surface area contributed by atoms with Crippen molar-refractivity contribution in [3.63, 3.8) is 0 Å². The zero-order chi connectivity index (χ0) is 18.4. The van der Waals surface area contributed by atoms with Crippen LogP contribution in [-0.2, 0) is 9.53 Å². The fourth-order valence-electron chi connectivity index (χ4n) is 2.79. The van der Waals surface area contributed by atoms with Gasteiger partial charge in [-0.25, -0.2) is 0 Å². The number of ether oxygens (including phenoxy) is 3. The van der Waals surface area contributed by atoms with Crippen molar-refractivity contribution in [3.05, 3.63) is 23.8 Å². The lowest BCUT2D eigenvalue weighted by Crippen LogP contribution is -2.37. The van der Waals surface area contributed by atoms with Crippen LogP contribution in [0.25, 0.3) is 0 Å². The molecule has 0 radical (unpaired) electrons. The molecule has 1 fully saturated rings. The fraction of sp³-hybridized carbons (Fsp3) is 0.632. The quantitative estimate of drug-likeness (QED) is 0.752. The summed E-state index contributed by atoms with van der Waals surface area (Å²) in [6.07, 6.45) is 1.12. The Morgan fingerprint density at radius 3 is 2.68 bits per heavy atom. The molecule has 1 aromatic carbocycles. The van der Waals surface area contributed by atoms with Gasteiger partial charge in [0.15, 0.2) is 11.5 Å². The second kappa shape index (κ2) is 9.06. The monoisotopic (exact) mass is 350 g/mol. The van der Waals surface area contributed by atoms with Gasteiger partial charge in [0.25, 0.3) is 0 Å². The minimum Gasteiger partial charge on any atom is -0.493 e. The van der Waals surface area contributed by atoms with Gasteiger partial charge in [0.2, 0.25) is 5.91 Å². The summed E-state index contributed by atoms with van der Waals surface area (Å²) in [5.74, 6) is 1.72. The van der Waals surface area contributed by atoms with Gasteiger partial charge in [-0.1, -0.05) is 19.9 Å². The first-order valence-electron chi connectivity index (χ1n) is 8.91. The van der Waals surface area contributed by atoms with E-state index in [1.165, 1.54) is 0 Å². The molecule has 3 atom stereocenters. The van der Waals surface area contributed by atoms with E-state index in [0.29, 0.717) is 37.0 Å². The van der Waals surface area contributed by atoms with Gasteiger partial charge in [0, 0.05) is 6.54 Å². The third-order valence-electron chi connectivity index (χ3n) is 4.28. The number of hydrogen-bond acceptors (Lipinski definition) is 5. The molecule has 1 aliphatic heterocycles. The van der Waals surface area contributed by atoms with Gasteiger partial charge < -0.3 is 25.3 Å². The Kier molecular flexibility index (Phi) is 7.08. The Morgan fingerprint density at radius 1 is 1.32 bits per heavy atom. The lowest BCUT2D eigenvalue weighted by Gasteiger charge is -2.19. The van der Waals surface area contributed by atoms with Gasteiger partial charge in [-0.05, 0) is 43.4 Å². The number of carbonyl (C=O) groups excluding carboxylic acids is 1. The van der Waals surface area contributed by atoms with E-state index in [2.05, 4.69) is 19.2 Å². The topological polar surface area (TPSA) is 82.8 Å². The van der Waals surface area contributed by atoms with Crippen molar-refractivity contribution in [1.82, 2.24) is 5.32 Å². The van der Waals surface area contributed by atoms with E-state index < -0.39 is 6.10 Å². The first kappa shape index (κ1) is 19.5. The minimum absolute atomic E-state index is 0.0106. The van der Waals surface area contributed by atoms with Crippen LogP contribution < -0.4 is 20.5 Å². The highest BCUT2D eigenvalue weighted by Gasteiger charge is 2.30. The molecule has 140 valence electrons. The standard InChI is InChI=1S/C19H30N2O4/c1-12(2)11-24-16-7-5-14(9-18(16)23-4)13(3)21-19(22)17-8-6-15(10-20)25-17/h5,7,9,12-13,15,17H,6,8,10-11,20H2,1-4H3,(H,21,22)/t13?,15-,17+/m1/s1. The molecule has 1 aromatic rings. The maximum Gasteiger partial charge on any atom is 0.249 e. The Hall–Kier alpha value is -1.79. The van der Waals surface area contributed by atoms with Crippen LogP contribution in [0.2, 0.25) is 0 Å². The van der Waals surface area contributed by atoms with Crippen LogP contribution in [0.5, 0.6) is 11.5 Å². The van der Waals surface area contributed by atoms with Crippen LogP contribution in [-0.4, -0.2) is 38.4 Å². The van der Waals surface area contributed by atoms with E-state index in [-0.39, 0.29) is 18.1 Å². The summed E-state index contributed by atoms with van der Waals surface area (Å²) in [4.78, 5) is 12.4. The first-order chi connectivity index (χ1) is 11.9. The normalized spacial score (nSPS) is 21.2. The third-order valence-corrected chi connectivity index (χ3v) is 4.28. The highest BCUT2D eigenvalue weighted by Crippen LogP contribution is 2.31. The number of methoxy groups -OCH3 is 1. The molecule has 1 heterocycles. The zero-order valence-corrected chi connectivity index (χ0v) is 15.6. The summed E-state index contributed by atoms with van der Waals surface area (Å²) in [5, 5.41) is 3.00. The van der Waals surface area contributed by atoms with Crippen LogP contribution in [0, 0.1) is 5.92 Å². The summed E-state index contributed by atoms with van der Waals surface area (Å²) in [5.41, 5.74) is 6.55. The molecule has 0 aliphatic carbocycles. The second-order valence-electron chi connectivity index (χ2n) is 6.91. The summed E-state index contributed by atoms with van der Waals surface area (Å²) in [6.45, 7) is 7.21. The summed E-state index contributed by atoms with van der Waals surface area (Å²) in [7, 11) is 1.62. The Balaban J connectivity index is 1.99. The van der Waals surface area contributed by atoms with Gasteiger partial charge >= 0.3 is 0 Å². The smallest absolute Gasteiger partial charge is 0.249 e. The number of nitrogens with one attached hydrogen (secondary N) is 1. The lowest BCUT2D eigenvalue weighted by atomic mass is 10.1. The second-order valence-corrected chi connectivity index (χ2v) is 6.91. The summed E-state index contributed by atoms with van der Waals surface area (Å²) < 4.78 is 16.8. The lowest BCUT2D eigenvalue weighted by molar-refractivity contribution is -0.132. The Bertz CT molecular complexity index is 577. The van der Waals surface area contributed by atoms with Crippen molar-refractivity contribution in [2.45, 2.75) is 51.9 Å². The highest BCUT2D eigenvalue weighted by molar-refractivity contribution is 5.81. The Morgan fingerprint density at radius 2 is 2.08 bits per heavy atom. The van der Waals surface area contributed by atoms with Crippen LogP contribution >= 0.6 is 0 Å².